The van der Waals surface area contributed by atoms with Crippen LogP contribution in [0.1, 0.15) is 12.8 Å². The van der Waals surface area contributed by atoms with E-state index >= 15 is 0 Å². The number of halogens is 1. The minimum absolute atomic E-state index is 0. The molecule has 3 aliphatic rings. The van der Waals surface area contributed by atoms with Crippen LogP contribution in [0.25, 0.3) is 0 Å². The molecule has 74 valence electrons. The van der Waals surface area contributed by atoms with Gasteiger partial charge in [0.25, 0.3) is 0 Å². The molecule has 3 nitrogen and oxygen atoms in total. The predicted molar refractivity (Wildman–Crippen MR) is 44.1 cm³/mol. The first-order chi connectivity index (χ1) is 5.58. The standard InChI is InChI=1S/C9H15N2O.BrH/c1-11-4-2-8(3-5-11)9(12,6-10)7-11;/h8,12H,2-5,7H2,1H3;1H/q+1;/p-1. The molecule has 0 aromatic heterocycles. The molecule has 0 saturated carbocycles. The molecule has 0 radical (unpaired) electrons. The van der Waals surface area contributed by atoms with Gasteiger partial charge >= 0.3 is 0 Å². The predicted octanol–water partition coefficient (Wildman–Crippen LogP) is -2.88. The van der Waals surface area contributed by atoms with Gasteiger partial charge in [-0.1, -0.05) is 0 Å². The minimum atomic E-state index is -1.02. The van der Waals surface area contributed by atoms with Gasteiger partial charge in [0.2, 0.25) is 5.60 Å². The molecule has 1 atom stereocenters. The van der Waals surface area contributed by atoms with Gasteiger partial charge in [0, 0.05) is 18.8 Å². The average molecular weight is 247 g/mol. The summed E-state index contributed by atoms with van der Waals surface area (Å²) in [4.78, 5) is 0. The molecule has 3 heterocycles. The maximum atomic E-state index is 9.96. The number of nitriles is 1. The average Bonchev–Trinajstić information content (AvgIpc) is 2.04. The van der Waals surface area contributed by atoms with Crippen molar-refractivity contribution in [2.24, 2.45) is 5.92 Å². The van der Waals surface area contributed by atoms with Gasteiger partial charge in [-0.05, 0) is 0 Å². The molecule has 0 spiro atoms. The second-order valence-electron chi connectivity index (χ2n) is 4.54. The summed E-state index contributed by atoms with van der Waals surface area (Å²) in [5.74, 6) is 0.238. The van der Waals surface area contributed by atoms with Gasteiger partial charge in [0.05, 0.1) is 20.1 Å². The van der Waals surface area contributed by atoms with E-state index < -0.39 is 5.60 Å². The van der Waals surface area contributed by atoms with Crippen molar-refractivity contribution in [3.05, 3.63) is 0 Å². The minimum Gasteiger partial charge on any atom is -1.00 e. The Morgan fingerprint density at radius 2 is 2.00 bits per heavy atom. The number of rotatable bonds is 0. The highest BCUT2D eigenvalue weighted by Crippen LogP contribution is 2.38. The maximum absolute atomic E-state index is 9.96. The lowest BCUT2D eigenvalue weighted by Crippen LogP contribution is -3.00. The molecule has 13 heavy (non-hydrogen) atoms. The van der Waals surface area contributed by atoms with Crippen molar-refractivity contribution in [3.8, 4) is 6.07 Å². The van der Waals surface area contributed by atoms with Crippen molar-refractivity contribution in [1.29, 1.82) is 5.26 Å². The van der Waals surface area contributed by atoms with Crippen LogP contribution in [-0.2, 0) is 0 Å². The number of piperidine rings is 3. The summed E-state index contributed by atoms with van der Waals surface area (Å²) in [6.45, 7) is 2.90. The quantitative estimate of drug-likeness (QED) is 0.369. The monoisotopic (exact) mass is 246 g/mol. The fraction of sp³-hybridized carbons (Fsp3) is 0.889. The lowest BCUT2D eigenvalue weighted by Gasteiger charge is -2.51. The van der Waals surface area contributed by atoms with Crippen LogP contribution < -0.4 is 17.0 Å². The van der Waals surface area contributed by atoms with Gasteiger partial charge < -0.3 is 26.6 Å². The number of hydrogen-bond acceptors (Lipinski definition) is 2. The maximum Gasteiger partial charge on any atom is 0.203 e. The molecule has 2 bridgehead atoms. The van der Waals surface area contributed by atoms with E-state index in [1.165, 1.54) is 0 Å². The van der Waals surface area contributed by atoms with E-state index in [-0.39, 0.29) is 22.9 Å². The van der Waals surface area contributed by atoms with Crippen LogP contribution in [0.5, 0.6) is 0 Å². The molecule has 1 N–H and O–H groups in total. The fourth-order valence-electron chi connectivity index (χ4n) is 2.66. The molecular weight excluding hydrogens is 232 g/mol. The molecule has 4 heteroatoms. The molecule has 0 aliphatic carbocycles. The van der Waals surface area contributed by atoms with E-state index in [2.05, 4.69) is 13.1 Å². The summed E-state index contributed by atoms with van der Waals surface area (Å²) < 4.78 is 0.889. The third kappa shape index (κ3) is 1.61. The Hall–Kier alpha value is -0.110. The second kappa shape index (κ2) is 3.23. The summed E-state index contributed by atoms with van der Waals surface area (Å²) in [6.07, 6.45) is 2.03. The van der Waals surface area contributed by atoms with E-state index in [4.69, 9.17) is 5.26 Å². The number of fused-ring (bicyclic) bond motifs is 3. The largest absolute Gasteiger partial charge is 1.00 e. The molecular formula is C9H15BrN2O. The molecule has 0 amide bonds. The first-order valence-electron chi connectivity index (χ1n) is 4.55. The summed E-state index contributed by atoms with van der Waals surface area (Å²) in [6, 6.07) is 2.08. The smallest absolute Gasteiger partial charge is 0.203 e. The molecule has 3 aliphatic heterocycles. The number of aliphatic hydroxyl groups is 1. The third-order valence-electron chi connectivity index (χ3n) is 3.53. The SMILES string of the molecule is C[N+]12CCC(CC1)C(O)(C#N)C2.[Br-]. The van der Waals surface area contributed by atoms with Gasteiger partial charge in [-0.2, -0.15) is 5.26 Å². The van der Waals surface area contributed by atoms with Gasteiger partial charge in [0.1, 0.15) is 12.6 Å². The molecule has 3 fully saturated rings. The zero-order valence-corrected chi connectivity index (χ0v) is 9.42. The summed E-state index contributed by atoms with van der Waals surface area (Å²) >= 11 is 0. The lowest BCUT2D eigenvalue weighted by molar-refractivity contribution is -0.931. The highest BCUT2D eigenvalue weighted by Gasteiger charge is 2.53. The van der Waals surface area contributed by atoms with E-state index in [1.807, 2.05) is 0 Å². The van der Waals surface area contributed by atoms with Crippen molar-refractivity contribution >= 4 is 0 Å². The molecule has 1 unspecified atom stereocenters. The van der Waals surface area contributed by atoms with Crippen molar-refractivity contribution in [2.45, 2.75) is 18.4 Å². The Morgan fingerprint density at radius 3 is 2.31 bits per heavy atom. The normalized spacial score (nSPS) is 47.9. The summed E-state index contributed by atoms with van der Waals surface area (Å²) in [5.41, 5.74) is -1.02. The van der Waals surface area contributed by atoms with E-state index in [9.17, 15) is 5.11 Å². The second-order valence-corrected chi connectivity index (χ2v) is 4.54. The van der Waals surface area contributed by atoms with Crippen molar-refractivity contribution in [1.82, 2.24) is 0 Å². The topological polar surface area (TPSA) is 44.0 Å². The van der Waals surface area contributed by atoms with Gasteiger partial charge in [-0.3, -0.25) is 0 Å². The Kier molecular flexibility index (Phi) is 2.73. The zero-order chi connectivity index (χ0) is 8.82. The molecule has 3 saturated heterocycles. The zero-order valence-electron chi connectivity index (χ0n) is 7.83. The summed E-state index contributed by atoms with van der Waals surface area (Å²) in [5, 5.41) is 18.8. The number of nitrogens with zero attached hydrogens (tertiary/aromatic N) is 2. The van der Waals surface area contributed by atoms with E-state index in [0.29, 0.717) is 6.54 Å². The number of likely N-dealkylation sites (N-methyl/N-ethyl adjacent to an activating group) is 1. The van der Waals surface area contributed by atoms with Gasteiger partial charge in [-0.15, -0.1) is 0 Å². The van der Waals surface area contributed by atoms with Crippen LogP contribution >= 0.6 is 0 Å². The van der Waals surface area contributed by atoms with Crippen molar-refractivity contribution < 1.29 is 26.6 Å². The van der Waals surface area contributed by atoms with Crippen LogP contribution in [0.15, 0.2) is 0 Å². The van der Waals surface area contributed by atoms with Crippen LogP contribution in [0.3, 0.4) is 0 Å². The fourth-order valence-corrected chi connectivity index (χ4v) is 2.66. The van der Waals surface area contributed by atoms with Crippen LogP contribution in [0.4, 0.5) is 0 Å². The Morgan fingerprint density at radius 1 is 1.46 bits per heavy atom. The third-order valence-corrected chi connectivity index (χ3v) is 3.53. The number of hydrogen-bond donors (Lipinski definition) is 1. The van der Waals surface area contributed by atoms with Gasteiger partial charge in [-0.25, -0.2) is 0 Å². The highest BCUT2D eigenvalue weighted by atomic mass is 79.9. The lowest BCUT2D eigenvalue weighted by atomic mass is 9.75. The highest BCUT2D eigenvalue weighted by molar-refractivity contribution is 5.07. The molecule has 0 aromatic rings. The first-order valence-corrected chi connectivity index (χ1v) is 4.55. The van der Waals surface area contributed by atoms with Crippen molar-refractivity contribution in [3.63, 3.8) is 0 Å². The van der Waals surface area contributed by atoms with Crippen LogP contribution in [-0.4, -0.2) is 41.9 Å². The molecule has 3 rings (SSSR count). The number of quaternary nitrogens is 1. The summed E-state index contributed by atoms with van der Waals surface area (Å²) in [7, 11) is 2.14. The van der Waals surface area contributed by atoms with Crippen molar-refractivity contribution in [2.75, 3.05) is 26.7 Å². The van der Waals surface area contributed by atoms with Crippen LogP contribution in [0.2, 0.25) is 0 Å². The Bertz CT molecular complexity index is 242. The van der Waals surface area contributed by atoms with Crippen LogP contribution in [0, 0.1) is 17.2 Å². The Labute approximate surface area is 89.3 Å². The molecule has 0 aromatic carbocycles. The van der Waals surface area contributed by atoms with E-state index in [1.54, 1.807) is 0 Å². The van der Waals surface area contributed by atoms with E-state index in [0.717, 1.165) is 30.4 Å². The first kappa shape index (κ1) is 11.0. The Balaban J connectivity index is 0.000000845. The van der Waals surface area contributed by atoms with Gasteiger partial charge in [0.15, 0.2) is 0 Å².